The van der Waals surface area contributed by atoms with Crippen molar-refractivity contribution in [1.29, 1.82) is 0 Å². The molecule has 22 heavy (non-hydrogen) atoms. The summed E-state index contributed by atoms with van der Waals surface area (Å²) in [5.41, 5.74) is 2.94. The predicted octanol–water partition coefficient (Wildman–Crippen LogP) is 4.16. The summed E-state index contributed by atoms with van der Waals surface area (Å²) in [6.45, 7) is 0. The van der Waals surface area contributed by atoms with Crippen molar-refractivity contribution in [3.05, 3.63) is 54.9 Å². The minimum Gasteiger partial charge on any atom is -0.496 e. The van der Waals surface area contributed by atoms with Crippen LogP contribution in [0, 0.1) is 0 Å². The van der Waals surface area contributed by atoms with Gasteiger partial charge < -0.3 is 13.6 Å². The highest BCUT2D eigenvalue weighted by Crippen LogP contribution is 2.34. The SMILES string of the molecule is COc1ccc(-c2nc3ncccc3o2)cc1-c1ccco1. The Morgan fingerprint density at radius 2 is 2.05 bits per heavy atom. The maximum atomic E-state index is 5.75. The Bertz CT molecular complexity index is 893. The number of fused-ring (bicyclic) bond motifs is 1. The third kappa shape index (κ3) is 2.03. The molecule has 5 heteroatoms. The van der Waals surface area contributed by atoms with Gasteiger partial charge in [0.15, 0.2) is 11.2 Å². The number of hydrogen-bond acceptors (Lipinski definition) is 5. The minimum absolute atomic E-state index is 0.518. The standard InChI is InChI=1S/C17H12N2O3/c1-20-13-7-6-11(10-12(13)14-5-3-9-21-14)17-19-16-15(22-17)4-2-8-18-16/h2-10H,1H3. The first-order chi connectivity index (χ1) is 10.8. The molecule has 0 saturated heterocycles. The molecule has 4 aromatic rings. The van der Waals surface area contributed by atoms with E-state index in [2.05, 4.69) is 9.97 Å². The maximum Gasteiger partial charge on any atom is 0.228 e. The van der Waals surface area contributed by atoms with Crippen LogP contribution in [0.25, 0.3) is 34.0 Å². The molecule has 0 atom stereocenters. The fourth-order valence-corrected chi connectivity index (χ4v) is 2.36. The van der Waals surface area contributed by atoms with Crippen molar-refractivity contribution < 1.29 is 13.6 Å². The Hall–Kier alpha value is -3.08. The van der Waals surface area contributed by atoms with Gasteiger partial charge in [-0.3, -0.25) is 0 Å². The van der Waals surface area contributed by atoms with Crippen LogP contribution in [0.3, 0.4) is 0 Å². The highest BCUT2D eigenvalue weighted by molar-refractivity contribution is 5.76. The van der Waals surface area contributed by atoms with E-state index in [0.29, 0.717) is 17.1 Å². The number of methoxy groups -OCH3 is 1. The number of nitrogens with zero attached hydrogens (tertiary/aromatic N) is 2. The molecular weight excluding hydrogens is 280 g/mol. The molecule has 3 heterocycles. The summed E-state index contributed by atoms with van der Waals surface area (Å²) in [7, 11) is 1.63. The summed E-state index contributed by atoms with van der Waals surface area (Å²) in [4.78, 5) is 8.60. The van der Waals surface area contributed by atoms with Gasteiger partial charge in [0, 0.05) is 11.8 Å². The number of ether oxygens (including phenoxy) is 1. The molecule has 0 fully saturated rings. The topological polar surface area (TPSA) is 61.3 Å². The number of benzene rings is 1. The average molecular weight is 292 g/mol. The first-order valence-electron chi connectivity index (χ1n) is 6.79. The number of rotatable bonds is 3. The summed E-state index contributed by atoms with van der Waals surface area (Å²) in [5, 5.41) is 0. The van der Waals surface area contributed by atoms with Gasteiger partial charge >= 0.3 is 0 Å². The second-order valence-electron chi connectivity index (χ2n) is 4.74. The van der Waals surface area contributed by atoms with Gasteiger partial charge in [0.2, 0.25) is 5.89 Å². The normalized spacial score (nSPS) is 11.0. The Morgan fingerprint density at radius 3 is 2.82 bits per heavy atom. The van der Waals surface area contributed by atoms with Crippen LogP contribution in [0.15, 0.2) is 63.8 Å². The molecule has 0 radical (unpaired) electrons. The van der Waals surface area contributed by atoms with Crippen LogP contribution in [-0.4, -0.2) is 17.1 Å². The van der Waals surface area contributed by atoms with Gasteiger partial charge in [-0.1, -0.05) is 0 Å². The molecule has 5 nitrogen and oxygen atoms in total. The van der Waals surface area contributed by atoms with Gasteiger partial charge in [0.25, 0.3) is 0 Å². The molecule has 0 unspecified atom stereocenters. The third-order valence-corrected chi connectivity index (χ3v) is 3.40. The molecule has 0 bridgehead atoms. The quantitative estimate of drug-likeness (QED) is 0.567. The van der Waals surface area contributed by atoms with Crippen LogP contribution in [0.4, 0.5) is 0 Å². The van der Waals surface area contributed by atoms with Crippen molar-refractivity contribution in [3.8, 4) is 28.5 Å². The van der Waals surface area contributed by atoms with Crippen molar-refractivity contribution in [1.82, 2.24) is 9.97 Å². The van der Waals surface area contributed by atoms with E-state index in [1.165, 1.54) is 0 Å². The van der Waals surface area contributed by atoms with Crippen LogP contribution in [0.2, 0.25) is 0 Å². The van der Waals surface area contributed by atoms with E-state index in [4.69, 9.17) is 13.6 Å². The molecule has 0 aliphatic carbocycles. The first-order valence-corrected chi connectivity index (χ1v) is 6.79. The van der Waals surface area contributed by atoms with E-state index in [0.717, 1.165) is 22.6 Å². The second kappa shape index (κ2) is 5.04. The Morgan fingerprint density at radius 1 is 1.09 bits per heavy atom. The van der Waals surface area contributed by atoms with Gasteiger partial charge in [0.05, 0.1) is 18.9 Å². The van der Waals surface area contributed by atoms with Crippen LogP contribution in [0.1, 0.15) is 0 Å². The van der Waals surface area contributed by atoms with Crippen molar-refractivity contribution in [2.45, 2.75) is 0 Å². The number of aromatic nitrogens is 2. The summed E-state index contributed by atoms with van der Waals surface area (Å²) in [6.07, 6.45) is 3.32. The van der Waals surface area contributed by atoms with Crippen LogP contribution in [0.5, 0.6) is 5.75 Å². The van der Waals surface area contributed by atoms with Crippen molar-refractivity contribution >= 4 is 11.2 Å². The smallest absolute Gasteiger partial charge is 0.228 e. The summed E-state index contributed by atoms with van der Waals surface area (Å²) in [6, 6.07) is 13.1. The fourth-order valence-electron chi connectivity index (χ4n) is 2.36. The zero-order chi connectivity index (χ0) is 14.9. The minimum atomic E-state index is 0.518. The molecule has 0 amide bonds. The van der Waals surface area contributed by atoms with Gasteiger partial charge in [0.1, 0.15) is 11.5 Å². The highest BCUT2D eigenvalue weighted by Gasteiger charge is 2.14. The molecule has 0 saturated carbocycles. The van der Waals surface area contributed by atoms with Crippen molar-refractivity contribution in [3.63, 3.8) is 0 Å². The largest absolute Gasteiger partial charge is 0.496 e. The lowest BCUT2D eigenvalue weighted by Gasteiger charge is -2.07. The Labute approximate surface area is 126 Å². The van der Waals surface area contributed by atoms with Gasteiger partial charge in [-0.15, -0.1) is 0 Å². The number of oxazole rings is 1. The number of pyridine rings is 1. The van der Waals surface area contributed by atoms with Crippen LogP contribution < -0.4 is 4.74 Å². The molecule has 0 spiro atoms. The molecule has 4 rings (SSSR count). The van der Waals surface area contributed by atoms with E-state index < -0.39 is 0 Å². The molecule has 1 aromatic carbocycles. The molecule has 0 aliphatic rings. The van der Waals surface area contributed by atoms with E-state index in [-0.39, 0.29) is 0 Å². The van der Waals surface area contributed by atoms with Crippen molar-refractivity contribution in [2.75, 3.05) is 7.11 Å². The predicted molar refractivity (Wildman–Crippen MR) is 81.5 cm³/mol. The highest BCUT2D eigenvalue weighted by atomic mass is 16.5. The zero-order valence-corrected chi connectivity index (χ0v) is 11.8. The maximum absolute atomic E-state index is 5.75. The van der Waals surface area contributed by atoms with Crippen LogP contribution >= 0.6 is 0 Å². The summed E-state index contributed by atoms with van der Waals surface area (Å²) in [5.74, 6) is 1.98. The zero-order valence-electron chi connectivity index (χ0n) is 11.8. The van der Waals surface area contributed by atoms with Crippen LogP contribution in [-0.2, 0) is 0 Å². The lowest BCUT2D eigenvalue weighted by atomic mass is 10.1. The van der Waals surface area contributed by atoms with E-state index in [9.17, 15) is 0 Å². The Kier molecular flexibility index (Phi) is 2.89. The lowest BCUT2D eigenvalue weighted by Crippen LogP contribution is -1.88. The van der Waals surface area contributed by atoms with E-state index >= 15 is 0 Å². The Balaban J connectivity index is 1.87. The monoisotopic (exact) mass is 292 g/mol. The fraction of sp³-hybridized carbons (Fsp3) is 0.0588. The lowest BCUT2D eigenvalue weighted by molar-refractivity contribution is 0.414. The first kappa shape index (κ1) is 12.6. The number of hydrogen-bond donors (Lipinski definition) is 0. The third-order valence-electron chi connectivity index (χ3n) is 3.40. The average Bonchev–Trinajstić information content (AvgIpc) is 3.23. The van der Waals surface area contributed by atoms with Gasteiger partial charge in [-0.25, -0.2) is 4.98 Å². The second-order valence-corrected chi connectivity index (χ2v) is 4.74. The number of furan rings is 1. The summed E-state index contributed by atoms with van der Waals surface area (Å²) >= 11 is 0. The van der Waals surface area contributed by atoms with Gasteiger partial charge in [-0.05, 0) is 42.5 Å². The van der Waals surface area contributed by atoms with Gasteiger partial charge in [-0.2, -0.15) is 4.98 Å². The van der Waals surface area contributed by atoms with Crippen molar-refractivity contribution in [2.24, 2.45) is 0 Å². The molecule has 108 valence electrons. The molecular formula is C17H12N2O3. The molecule has 0 aliphatic heterocycles. The van der Waals surface area contributed by atoms with E-state index in [1.54, 1.807) is 19.6 Å². The van der Waals surface area contributed by atoms with E-state index in [1.807, 2.05) is 42.5 Å². The summed E-state index contributed by atoms with van der Waals surface area (Å²) < 4.78 is 16.6. The molecule has 3 aromatic heterocycles. The molecule has 0 N–H and O–H groups in total.